The molecular formula is C3H2F3O. The Hall–Kier alpha value is -0.510. The summed E-state index contributed by atoms with van der Waals surface area (Å²) in [6, 6.07) is 0. The van der Waals surface area contributed by atoms with E-state index in [0.29, 0.717) is 0 Å². The fourth-order valence-corrected chi connectivity index (χ4v) is 0. The van der Waals surface area contributed by atoms with Gasteiger partial charge in [-0.2, -0.15) is 8.78 Å². The molecule has 0 fully saturated rings. The van der Waals surface area contributed by atoms with Gasteiger partial charge in [-0.25, -0.2) is 4.39 Å². The Kier molecular flexibility index (Phi) is 1.42. The third-order valence-corrected chi connectivity index (χ3v) is 0.316. The van der Waals surface area contributed by atoms with E-state index in [-0.39, 0.29) is 0 Å². The maximum absolute atomic E-state index is 11.0. The molecule has 0 aliphatic carbocycles. The molecule has 0 bridgehead atoms. The van der Waals surface area contributed by atoms with Crippen LogP contribution >= 0.6 is 0 Å². The summed E-state index contributed by atoms with van der Waals surface area (Å²) >= 11 is 0. The lowest BCUT2D eigenvalue weighted by Crippen LogP contribution is -2.11. The van der Waals surface area contributed by atoms with Crippen LogP contribution in [-0.2, 0) is 5.11 Å². The van der Waals surface area contributed by atoms with Gasteiger partial charge in [0.2, 0.25) is 0 Å². The van der Waals surface area contributed by atoms with Crippen molar-refractivity contribution in [1.82, 2.24) is 0 Å². The molecule has 1 radical (unpaired) electrons. The minimum absolute atomic E-state index is 2.10. The average molecular weight is 111 g/mol. The Balaban J connectivity index is 3.79. The first-order valence-electron chi connectivity index (χ1n) is 1.37. The second-order valence-corrected chi connectivity index (χ2v) is 0.922. The van der Waals surface area contributed by atoms with Crippen LogP contribution in [0.3, 0.4) is 0 Å². The van der Waals surface area contributed by atoms with Crippen LogP contribution in [-0.4, -0.2) is 6.11 Å². The van der Waals surface area contributed by atoms with Gasteiger partial charge in [-0.05, 0) is 0 Å². The smallest absolute Gasteiger partial charge is 0.203 e. The van der Waals surface area contributed by atoms with Gasteiger partial charge in [0, 0.05) is 0 Å². The summed E-state index contributed by atoms with van der Waals surface area (Å²) in [5.41, 5.74) is 0. The lowest BCUT2D eigenvalue weighted by Gasteiger charge is -1.97. The minimum Gasteiger partial charge on any atom is -0.203 e. The summed E-state index contributed by atoms with van der Waals surface area (Å²) < 4.78 is 32.6. The van der Waals surface area contributed by atoms with E-state index in [1.807, 2.05) is 0 Å². The van der Waals surface area contributed by atoms with E-state index < -0.39 is 11.9 Å². The molecule has 0 N–H and O–H groups in total. The Bertz CT molecular complexity index is 82.7. The van der Waals surface area contributed by atoms with Crippen LogP contribution in [0, 0.1) is 0 Å². The zero-order valence-electron chi connectivity index (χ0n) is 3.25. The van der Waals surface area contributed by atoms with Crippen molar-refractivity contribution in [2.75, 3.05) is 0 Å². The fraction of sp³-hybridized carbons (Fsp3) is 0.333. The van der Waals surface area contributed by atoms with Crippen molar-refractivity contribution in [2.24, 2.45) is 0 Å². The van der Waals surface area contributed by atoms with Crippen LogP contribution in [0.4, 0.5) is 13.2 Å². The van der Waals surface area contributed by atoms with Crippen molar-refractivity contribution in [1.29, 1.82) is 0 Å². The van der Waals surface area contributed by atoms with Crippen molar-refractivity contribution in [2.45, 2.75) is 6.11 Å². The number of hydrogen-bond acceptors (Lipinski definition) is 0. The van der Waals surface area contributed by atoms with Gasteiger partial charge < -0.3 is 0 Å². The lowest BCUT2D eigenvalue weighted by molar-refractivity contribution is -0.221. The summed E-state index contributed by atoms with van der Waals surface area (Å²) in [6.45, 7) is 2.10. The first-order valence-corrected chi connectivity index (χ1v) is 1.37. The van der Waals surface area contributed by atoms with E-state index in [9.17, 15) is 13.2 Å². The third-order valence-electron chi connectivity index (χ3n) is 0.316. The van der Waals surface area contributed by atoms with Gasteiger partial charge in [0.15, 0.2) is 5.83 Å². The van der Waals surface area contributed by atoms with Gasteiger partial charge in [-0.1, -0.05) is 6.58 Å². The Labute approximate surface area is 38.1 Å². The molecule has 4 heteroatoms. The predicted octanol–water partition coefficient (Wildman–Crippen LogP) is 1.49. The van der Waals surface area contributed by atoms with E-state index in [1.165, 1.54) is 0 Å². The van der Waals surface area contributed by atoms with Crippen LogP contribution in [0.25, 0.3) is 0 Å². The summed E-state index contributed by atoms with van der Waals surface area (Å²) in [7, 11) is 0. The molecule has 0 saturated heterocycles. The monoisotopic (exact) mass is 111 g/mol. The van der Waals surface area contributed by atoms with Crippen molar-refractivity contribution in [3.8, 4) is 0 Å². The van der Waals surface area contributed by atoms with E-state index >= 15 is 0 Å². The quantitative estimate of drug-likeness (QED) is 0.488. The van der Waals surface area contributed by atoms with E-state index in [2.05, 4.69) is 6.58 Å². The summed E-state index contributed by atoms with van der Waals surface area (Å²) in [5, 5.41) is 9.00. The molecule has 0 aliphatic rings. The Morgan fingerprint density at radius 3 is 1.71 bits per heavy atom. The fourth-order valence-electron chi connectivity index (χ4n) is 0. The van der Waals surface area contributed by atoms with Crippen LogP contribution in [0.15, 0.2) is 12.4 Å². The highest BCUT2D eigenvalue weighted by Crippen LogP contribution is 2.19. The predicted molar refractivity (Wildman–Crippen MR) is 15.9 cm³/mol. The minimum atomic E-state index is -4.61. The second kappa shape index (κ2) is 1.54. The standard InChI is InChI=1S/C3H2F3O/c1-2(4)3(5,6)7/h1H2. The van der Waals surface area contributed by atoms with E-state index in [1.54, 1.807) is 0 Å². The molecule has 0 unspecified atom stereocenters. The van der Waals surface area contributed by atoms with Gasteiger partial charge in [0.05, 0.1) is 0 Å². The first-order chi connectivity index (χ1) is 2.94. The molecule has 0 spiro atoms. The van der Waals surface area contributed by atoms with Gasteiger partial charge in [-0.3, -0.25) is 0 Å². The summed E-state index contributed by atoms with van der Waals surface area (Å²) in [6.07, 6.45) is -4.61. The number of alkyl halides is 2. The highest BCUT2D eigenvalue weighted by atomic mass is 19.3. The molecule has 0 aliphatic heterocycles. The third kappa shape index (κ3) is 2.22. The maximum atomic E-state index is 11.0. The second-order valence-electron chi connectivity index (χ2n) is 0.922. The molecule has 0 saturated carbocycles. The highest BCUT2D eigenvalue weighted by Gasteiger charge is 2.31. The van der Waals surface area contributed by atoms with Crippen molar-refractivity contribution in [3.63, 3.8) is 0 Å². The zero-order valence-corrected chi connectivity index (χ0v) is 3.25. The average Bonchev–Trinajstić information content (AvgIpc) is 1.31. The highest BCUT2D eigenvalue weighted by molar-refractivity contribution is 4.88. The van der Waals surface area contributed by atoms with E-state index in [4.69, 9.17) is 5.11 Å². The zero-order chi connectivity index (χ0) is 6.08. The molecule has 0 rings (SSSR count). The van der Waals surface area contributed by atoms with Gasteiger partial charge >= 0.3 is 6.11 Å². The van der Waals surface area contributed by atoms with Gasteiger partial charge in [-0.15, -0.1) is 5.11 Å². The van der Waals surface area contributed by atoms with E-state index in [0.717, 1.165) is 0 Å². The van der Waals surface area contributed by atoms with Crippen LogP contribution in [0.2, 0.25) is 0 Å². The maximum Gasteiger partial charge on any atom is 0.434 e. The molecule has 7 heavy (non-hydrogen) atoms. The molecule has 0 heterocycles. The normalized spacial score (nSPS) is 11.4. The molecule has 0 aromatic rings. The van der Waals surface area contributed by atoms with Crippen LogP contribution in [0.5, 0.6) is 0 Å². The van der Waals surface area contributed by atoms with Gasteiger partial charge in [0.1, 0.15) is 0 Å². The van der Waals surface area contributed by atoms with Crippen LogP contribution < -0.4 is 0 Å². The SMILES string of the molecule is C=C(F)C([O])(F)F. The van der Waals surface area contributed by atoms with Crippen molar-refractivity contribution in [3.05, 3.63) is 12.4 Å². The molecule has 0 aromatic heterocycles. The van der Waals surface area contributed by atoms with Crippen molar-refractivity contribution >= 4 is 0 Å². The molecule has 0 aromatic carbocycles. The molecule has 0 atom stereocenters. The number of hydrogen-bond donors (Lipinski definition) is 0. The van der Waals surface area contributed by atoms with Crippen LogP contribution in [0.1, 0.15) is 0 Å². The Morgan fingerprint density at radius 1 is 1.57 bits per heavy atom. The number of rotatable bonds is 1. The lowest BCUT2D eigenvalue weighted by atomic mass is 10.6. The van der Waals surface area contributed by atoms with Crippen molar-refractivity contribution < 1.29 is 18.3 Å². The van der Waals surface area contributed by atoms with Gasteiger partial charge in [0.25, 0.3) is 0 Å². The molecular weight excluding hydrogens is 109 g/mol. The topological polar surface area (TPSA) is 19.9 Å². The largest absolute Gasteiger partial charge is 0.434 e. The summed E-state index contributed by atoms with van der Waals surface area (Å²) in [4.78, 5) is 0. The molecule has 0 amide bonds. The molecule has 1 nitrogen and oxygen atoms in total. The Morgan fingerprint density at radius 2 is 1.71 bits per heavy atom. The summed E-state index contributed by atoms with van der Waals surface area (Å²) in [5.74, 6) is -2.15. The number of halogens is 3. The molecule has 41 valence electrons. The first kappa shape index (κ1) is 6.49.